The number of rotatable bonds is 11. The molecule has 0 radical (unpaired) electrons. The lowest BCUT2D eigenvalue weighted by Crippen LogP contribution is -2.46. The van der Waals surface area contributed by atoms with Crippen LogP contribution in [0, 0.1) is 5.92 Å². The van der Waals surface area contributed by atoms with Crippen LogP contribution in [-0.4, -0.2) is 72.3 Å². The molecule has 11 heteroatoms. The number of esters is 1. The lowest BCUT2D eigenvalue weighted by atomic mass is 9.97. The first-order valence-electron chi connectivity index (χ1n) is 12.2. The number of methoxy groups -OCH3 is 2. The van der Waals surface area contributed by atoms with Gasteiger partial charge in [-0.3, -0.25) is 13.9 Å². The number of hydrogen-bond acceptors (Lipinski definition) is 8. The van der Waals surface area contributed by atoms with Gasteiger partial charge in [0.25, 0.3) is 10.0 Å². The largest absolute Gasteiger partial charge is 0.494 e. The van der Waals surface area contributed by atoms with Crippen molar-refractivity contribution in [1.82, 2.24) is 4.90 Å². The molecule has 10 nitrogen and oxygen atoms in total. The molecule has 1 aliphatic heterocycles. The van der Waals surface area contributed by atoms with Crippen LogP contribution in [0.3, 0.4) is 0 Å². The van der Waals surface area contributed by atoms with Crippen molar-refractivity contribution in [3.05, 3.63) is 42.5 Å². The van der Waals surface area contributed by atoms with Crippen molar-refractivity contribution in [2.75, 3.05) is 51.4 Å². The summed E-state index contributed by atoms with van der Waals surface area (Å²) in [5.41, 5.74) is 0.313. The zero-order valence-electron chi connectivity index (χ0n) is 21.6. The quantitative estimate of drug-likeness (QED) is 0.405. The minimum atomic E-state index is -4.17. The van der Waals surface area contributed by atoms with Crippen molar-refractivity contribution in [2.24, 2.45) is 5.92 Å². The maximum atomic E-state index is 13.8. The topological polar surface area (TPSA) is 112 Å². The molecule has 2 aromatic rings. The molecule has 1 fully saturated rings. The van der Waals surface area contributed by atoms with E-state index in [0.29, 0.717) is 56.3 Å². The summed E-state index contributed by atoms with van der Waals surface area (Å²) >= 11 is 0. The highest BCUT2D eigenvalue weighted by atomic mass is 32.2. The predicted molar refractivity (Wildman–Crippen MR) is 138 cm³/mol. The lowest BCUT2D eigenvalue weighted by molar-refractivity contribution is -0.151. The van der Waals surface area contributed by atoms with Gasteiger partial charge in [0.05, 0.1) is 43.9 Å². The molecule has 1 heterocycles. The number of ether oxygens (including phenoxy) is 4. The Hall–Kier alpha value is -3.47. The van der Waals surface area contributed by atoms with Gasteiger partial charge in [-0.15, -0.1) is 0 Å². The lowest BCUT2D eigenvalue weighted by Gasteiger charge is -2.33. The number of likely N-dealkylation sites (tertiary alicyclic amines) is 1. The first-order chi connectivity index (χ1) is 17.7. The van der Waals surface area contributed by atoms with E-state index < -0.39 is 16.6 Å². The van der Waals surface area contributed by atoms with E-state index in [0.717, 1.165) is 4.31 Å². The second-order valence-electron chi connectivity index (χ2n) is 8.36. The number of amides is 1. The van der Waals surface area contributed by atoms with Gasteiger partial charge in [0.2, 0.25) is 5.91 Å². The fourth-order valence-electron chi connectivity index (χ4n) is 4.14. The third-order valence-electron chi connectivity index (χ3n) is 6.13. The molecule has 1 aliphatic rings. The third kappa shape index (κ3) is 6.65. The minimum Gasteiger partial charge on any atom is -0.494 e. The van der Waals surface area contributed by atoms with Crippen molar-refractivity contribution in [3.63, 3.8) is 0 Å². The summed E-state index contributed by atoms with van der Waals surface area (Å²) in [4.78, 5) is 26.9. The van der Waals surface area contributed by atoms with Crippen LogP contribution < -0.4 is 18.5 Å². The molecule has 1 amide bonds. The normalized spacial score (nSPS) is 14.1. The van der Waals surface area contributed by atoms with Crippen molar-refractivity contribution in [3.8, 4) is 17.2 Å². The monoisotopic (exact) mass is 534 g/mol. The van der Waals surface area contributed by atoms with Gasteiger partial charge >= 0.3 is 5.97 Å². The zero-order valence-corrected chi connectivity index (χ0v) is 22.5. The molecule has 0 bridgehead atoms. The number of sulfonamides is 1. The van der Waals surface area contributed by atoms with Gasteiger partial charge in [0, 0.05) is 19.2 Å². The Kier molecular flexibility index (Phi) is 9.62. The molecule has 0 spiro atoms. The summed E-state index contributed by atoms with van der Waals surface area (Å²) in [6.45, 7) is 4.66. The molecule has 2 aromatic carbocycles. The standard InChI is InChI=1S/C26H34N2O8S/c1-5-35-21-9-7-20(8-10-21)28(37(31,32)22-11-12-23(33-3)24(17-22)34-4)18-25(29)27-15-13-19(14-16-27)26(30)36-6-2/h7-12,17,19H,5-6,13-16,18H2,1-4H3. The number of carbonyl (C=O) groups is 2. The van der Waals surface area contributed by atoms with Crippen LogP contribution in [0.4, 0.5) is 5.69 Å². The smallest absolute Gasteiger partial charge is 0.309 e. The molecule has 0 unspecified atom stereocenters. The van der Waals surface area contributed by atoms with Gasteiger partial charge in [0.1, 0.15) is 12.3 Å². The van der Waals surface area contributed by atoms with Gasteiger partial charge in [-0.05, 0) is 63.1 Å². The maximum absolute atomic E-state index is 13.8. The Morgan fingerprint density at radius 2 is 1.59 bits per heavy atom. The molecule has 0 N–H and O–H groups in total. The SMILES string of the molecule is CCOC(=O)C1CCN(C(=O)CN(c2ccc(OCC)cc2)S(=O)(=O)c2ccc(OC)c(OC)c2)CC1. The number of piperidine rings is 1. The van der Waals surface area contributed by atoms with Gasteiger partial charge < -0.3 is 23.8 Å². The fraction of sp³-hybridized carbons (Fsp3) is 0.462. The van der Waals surface area contributed by atoms with Crippen molar-refractivity contribution in [1.29, 1.82) is 0 Å². The highest BCUT2D eigenvalue weighted by molar-refractivity contribution is 7.92. The summed E-state index contributed by atoms with van der Waals surface area (Å²) in [5, 5.41) is 0. The molecule has 0 atom stereocenters. The Morgan fingerprint density at radius 1 is 0.946 bits per heavy atom. The minimum absolute atomic E-state index is 0.0483. The number of carbonyl (C=O) groups excluding carboxylic acids is 2. The van der Waals surface area contributed by atoms with Crippen LogP contribution in [0.15, 0.2) is 47.4 Å². The second-order valence-corrected chi connectivity index (χ2v) is 10.2. The molecule has 0 aliphatic carbocycles. The highest BCUT2D eigenvalue weighted by Gasteiger charge is 2.33. The third-order valence-corrected chi connectivity index (χ3v) is 7.90. The van der Waals surface area contributed by atoms with Crippen LogP contribution in [0.1, 0.15) is 26.7 Å². The first-order valence-corrected chi connectivity index (χ1v) is 13.6. The van der Waals surface area contributed by atoms with E-state index in [-0.39, 0.29) is 28.4 Å². The predicted octanol–water partition coefficient (Wildman–Crippen LogP) is 3.10. The van der Waals surface area contributed by atoms with Gasteiger partial charge in [-0.25, -0.2) is 8.42 Å². The van der Waals surface area contributed by atoms with Crippen LogP contribution in [0.2, 0.25) is 0 Å². The molecule has 3 rings (SSSR count). The van der Waals surface area contributed by atoms with Crippen molar-refractivity contribution < 1.29 is 37.0 Å². The van der Waals surface area contributed by atoms with E-state index in [1.165, 1.54) is 32.4 Å². The zero-order chi connectivity index (χ0) is 27.0. The number of anilines is 1. The van der Waals surface area contributed by atoms with Crippen LogP contribution >= 0.6 is 0 Å². The van der Waals surface area contributed by atoms with E-state index in [1.54, 1.807) is 36.1 Å². The summed E-state index contributed by atoms with van der Waals surface area (Å²) < 4.78 is 49.8. The van der Waals surface area contributed by atoms with E-state index in [4.69, 9.17) is 18.9 Å². The average molecular weight is 535 g/mol. The molecular weight excluding hydrogens is 500 g/mol. The Morgan fingerprint density at radius 3 is 2.16 bits per heavy atom. The second kappa shape index (κ2) is 12.7. The number of nitrogens with zero attached hydrogens (tertiary/aromatic N) is 2. The maximum Gasteiger partial charge on any atom is 0.309 e. The molecule has 1 saturated heterocycles. The molecule has 202 valence electrons. The Bertz CT molecular complexity index is 1180. The van der Waals surface area contributed by atoms with E-state index in [1.807, 2.05) is 6.92 Å². The van der Waals surface area contributed by atoms with Crippen LogP contribution in [0.25, 0.3) is 0 Å². The highest BCUT2D eigenvalue weighted by Crippen LogP contribution is 2.33. The Labute approximate surface area is 218 Å². The average Bonchev–Trinajstić information content (AvgIpc) is 2.92. The van der Waals surface area contributed by atoms with Crippen LogP contribution in [0.5, 0.6) is 17.2 Å². The van der Waals surface area contributed by atoms with E-state index in [2.05, 4.69) is 0 Å². The van der Waals surface area contributed by atoms with Gasteiger partial charge in [-0.2, -0.15) is 0 Å². The first kappa shape index (κ1) is 28.1. The number of benzene rings is 2. The van der Waals surface area contributed by atoms with Gasteiger partial charge in [-0.1, -0.05) is 0 Å². The van der Waals surface area contributed by atoms with E-state index >= 15 is 0 Å². The molecule has 0 aromatic heterocycles. The summed E-state index contributed by atoms with van der Waals surface area (Å²) in [6.07, 6.45) is 0.937. The Balaban J connectivity index is 1.88. The summed E-state index contributed by atoms with van der Waals surface area (Å²) in [5.74, 6) is 0.336. The molecular formula is C26H34N2O8S. The fourth-order valence-corrected chi connectivity index (χ4v) is 5.57. The summed E-state index contributed by atoms with van der Waals surface area (Å²) in [6, 6.07) is 10.8. The molecule has 0 saturated carbocycles. The molecule has 37 heavy (non-hydrogen) atoms. The summed E-state index contributed by atoms with van der Waals surface area (Å²) in [7, 11) is -1.29. The number of hydrogen-bond donors (Lipinski definition) is 0. The van der Waals surface area contributed by atoms with Gasteiger partial charge in [0.15, 0.2) is 11.5 Å². The van der Waals surface area contributed by atoms with E-state index in [9.17, 15) is 18.0 Å². The van der Waals surface area contributed by atoms with Crippen LogP contribution in [-0.2, 0) is 24.3 Å². The van der Waals surface area contributed by atoms with Crippen molar-refractivity contribution >= 4 is 27.6 Å². The van der Waals surface area contributed by atoms with Crippen molar-refractivity contribution in [2.45, 2.75) is 31.6 Å².